The van der Waals surface area contributed by atoms with Gasteiger partial charge < -0.3 is 15.4 Å². The molecule has 1 fully saturated rings. The molecule has 0 saturated carbocycles. The molecule has 1 aromatic carbocycles. The summed E-state index contributed by atoms with van der Waals surface area (Å²) < 4.78 is 5.27. The topological polar surface area (TPSA) is 87.7 Å². The number of hydrogen-bond donors (Lipinski definition) is 2. The SMILES string of the molecule is O=C(CCCC(=O)c1cccs1)Nc1ccc(NC(=O)CN2CCOCC2)cc1. The number of amides is 2. The van der Waals surface area contributed by atoms with Crippen molar-refractivity contribution >= 4 is 40.3 Å². The number of Topliss-reactive ketones (excluding diaryl/α,β-unsaturated/α-hetero) is 1. The molecular formula is C21H25N3O4S. The van der Waals surface area contributed by atoms with Gasteiger partial charge in [0, 0.05) is 37.3 Å². The molecule has 0 spiro atoms. The van der Waals surface area contributed by atoms with E-state index in [2.05, 4.69) is 15.5 Å². The molecule has 0 unspecified atom stereocenters. The summed E-state index contributed by atoms with van der Waals surface area (Å²) in [6, 6.07) is 10.7. The fourth-order valence-corrected chi connectivity index (χ4v) is 3.69. The summed E-state index contributed by atoms with van der Waals surface area (Å²) in [6.45, 7) is 3.18. The maximum Gasteiger partial charge on any atom is 0.238 e. The number of ether oxygens (including phenoxy) is 1. The molecule has 1 aliphatic rings. The molecule has 2 N–H and O–H groups in total. The summed E-state index contributed by atoms with van der Waals surface area (Å²) >= 11 is 1.42. The van der Waals surface area contributed by atoms with E-state index in [0.717, 1.165) is 18.0 Å². The van der Waals surface area contributed by atoms with Gasteiger partial charge in [-0.15, -0.1) is 11.3 Å². The van der Waals surface area contributed by atoms with Crippen LogP contribution in [0, 0.1) is 0 Å². The Morgan fingerprint density at radius 3 is 2.21 bits per heavy atom. The molecule has 0 bridgehead atoms. The zero-order chi connectivity index (χ0) is 20.5. The molecule has 0 radical (unpaired) electrons. The second-order valence-corrected chi connectivity index (χ2v) is 7.76. The van der Waals surface area contributed by atoms with Gasteiger partial charge in [-0.05, 0) is 42.1 Å². The quantitative estimate of drug-likeness (QED) is 0.615. The first-order valence-electron chi connectivity index (χ1n) is 9.67. The van der Waals surface area contributed by atoms with Gasteiger partial charge in [-0.3, -0.25) is 19.3 Å². The van der Waals surface area contributed by atoms with Crippen molar-refractivity contribution in [2.24, 2.45) is 0 Å². The van der Waals surface area contributed by atoms with Crippen molar-refractivity contribution in [1.82, 2.24) is 4.90 Å². The number of morpholine rings is 1. The van der Waals surface area contributed by atoms with E-state index in [4.69, 9.17) is 4.74 Å². The first kappa shape index (κ1) is 21.2. The third-order valence-electron chi connectivity index (χ3n) is 4.53. The van der Waals surface area contributed by atoms with Crippen molar-refractivity contribution < 1.29 is 19.1 Å². The van der Waals surface area contributed by atoms with Crippen LogP contribution in [0.15, 0.2) is 41.8 Å². The Hall–Kier alpha value is -2.55. The minimum Gasteiger partial charge on any atom is -0.379 e. The number of nitrogens with one attached hydrogen (secondary N) is 2. The van der Waals surface area contributed by atoms with Crippen LogP contribution in [0.5, 0.6) is 0 Å². The van der Waals surface area contributed by atoms with Crippen LogP contribution in [-0.4, -0.2) is 55.3 Å². The summed E-state index contributed by atoms with van der Waals surface area (Å²) in [4.78, 5) is 38.9. The van der Waals surface area contributed by atoms with Gasteiger partial charge in [0.15, 0.2) is 5.78 Å². The number of rotatable bonds is 9. The van der Waals surface area contributed by atoms with E-state index in [0.29, 0.717) is 44.0 Å². The van der Waals surface area contributed by atoms with Crippen LogP contribution in [0.1, 0.15) is 28.9 Å². The van der Waals surface area contributed by atoms with Gasteiger partial charge in [0.2, 0.25) is 11.8 Å². The average Bonchev–Trinajstić information content (AvgIpc) is 3.25. The van der Waals surface area contributed by atoms with Gasteiger partial charge in [0.25, 0.3) is 0 Å². The maximum absolute atomic E-state index is 12.1. The number of carbonyl (C=O) groups is 3. The van der Waals surface area contributed by atoms with Crippen molar-refractivity contribution in [2.45, 2.75) is 19.3 Å². The monoisotopic (exact) mass is 415 g/mol. The first-order valence-corrected chi connectivity index (χ1v) is 10.5. The maximum atomic E-state index is 12.1. The molecule has 154 valence electrons. The van der Waals surface area contributed by atoms with E-state index in [9.17, 15) is 14.4 Å². The highest BCUT2D eigenvalue weighted by Gasteiger charge is 2.14. The summed E-state index contributed by atoms with van der Waals surface area (Å²) in [5.41, 5.74) is 1.34. The van der Waals surface area contributed by atoms with Crippen LogP contribution < -0.4 is 10.6 Å². The van der Waals surface area contributed by atoms with Crippen molar-refractivity contribution in [3.8, 4) is 0 Å². The number of benzene rings is 1. The molecule has 29 heavy (non-hydrogen) atoms. The molecule has 0 aliphatic carbocycles. The van der Waals surface area contributed by atoms with Crippen LogP contribution in [0.3, 0.4) is 0 Å². The van der Waals surface area contributed by atoms with Crippen molar-refractivity contribution in [2.75, 3.05) is 43.5 Å². The number of hydrogen-bond acceptors (Lipinski definition) is 6. The Bertz CT molecular complexity index is 815. The van der Waals surface area contributed by atoms with Crippen LogP contribution in [-0.2, 0) is 14.3 Å². The molecule has 2 aromatic rings. The molecule has 8 heteroatoms. The molecular weight excluding hydrogens is 390 g/mol. The highest BCUT2D eigenvalue weighted by molar-refractivity contribution is 7.12. The molecule has 3 rings (SSSR count). The fourth-order valence-electron chi connectivity index (χ4n) is 2.99. The average molecular weight is 416 g/mol. The Morgan fingerprint density at radius 2 is 1.59 bits per heavy atom. The highest BCUT2D eigenvalue weighted by atomic mass is 32.1. The third kappa shape index (κ3) is 7.08. The fraction of sp³-hybridized carbons (Fsp3) is 0.381. The van der Waals surface area contributed by atoms with Crippen LogP contribution in [0.25, 0.3) is 0 Å². The van der Waals surface area contributed by atoms with Gasteiger partial charge in [-0.25, -0.2) is 0 Å². The lowest BCUT2D eigenvalue weighted by Gasteiger charge is -2.25. The zero-order valence-electron chi connectivity index (χ0n) is 16.2. The molecule has 1 aromatic heterocycles. The highest BCUT2D eigenvalue weighted by Crippen LogP contribution is 2.16. The molecule has 2 amide bonds. The second kappa shape index (κ2) is 10.8. The Balaban J connectivity index is 1.37. The van der Waals surface area contributed by atoms with Crippen molar-refractivity contribution in [3.05, 3.63) is 46.7 Å². The number of anilines is 2. The third-order valence-corrected chi connectivity index (χ3v) is 5.44. The molecule has 7 nitrogen and oxygen atoms in total. The first-order chi connectivity index (χ1) is 14.1. The Labute approximate surface area is 174 Å². The molecule has 2 heterocycles. The lowest BCUT2D eigenvalue weighted by Crippen LogP contribution is -2.41. The number of thiophene rings is 1. The smallest absolute Gasteiger partial charge is 0.238 e. The van der Waals surface area contributed by atoms with Gasteiger partial charge in [-0.2, -0.15) is 0 Å². The standard InChI is InChI=1S/C21H25N3O4S/c25-18(19-4-2-14-29-19)3-1-5-20(26)22-16-6-8-17(9-7-16)23-21(27)15-24-10-12-28-13-11-24/h2,4,6-9,14H,1,3,5,10-13,15H2,(H,22,26)(H,23,27). The zero-order valence-corrected chi connectivity index (χ0v) is 17.0. The van der Waals surface area contributed by atoms with E-state index in [1.54, 1.807) is 30.3 Å². The van der Waals surface area contributed by atoms with Crippen molar-refractivity contribution in [1.29, 1.82) is 0 Å². The summed E-state index contributed by atoms with van der Waals surface area (Å²) in [6.07, 6.45) is 1.16. The normalized spacial score (nSPS) is 14.3. The van der Waals surface area contributed by atoms with Crippen molar-refractivity contribution in [3.63, 3.8) is 0 Å². The predicted octanol–water partition coefficient (Wildman–Crippen LogP) is 3.01. The van der Waals surface area contributed by atoms with Crippen LogP contribution in [0.2, 0.25) is 0 Å². The summed E-state index contributed by atoms with van der Waals surface area (Å²) in [5, 5.41) is 7.54. The molecule has 1 saturated heterocycles. The van der Waals surface area contributed by atoms with Crippen LogP contribution in [0.4, 0.5) is 11.4 Å². The lowest BCUT2D eigenvalue weighted by molar-refractivity contribution is -0.118. The lowest BCUT2D eigenvalue weighted by atomic mass is 10.1. The number of ketones is 1. The van der Waals surface area contributed by atoms with E-state index >= 15 is 0 Å². The van der Waals surface area contributed by atoms with E-state index < -0.39 is 0 Å². The van der Waals surface area contributed by atoms with E-state index in [1.165, 1.54) is 11.3 Å². The Kier molecular flexibility index (Phi) is 7.92. The largest absolute Gasteiger partial charge is 0.379 e. The minimum absolute atomic E-state index is 0.0703. The van der Waals surface area contributed by atoms with Gasteiger partial charge >= 0.3 is 0 Å². The summed E-state index contributed by atoms with van der Waals surface area (Å²) in [7, 11) is 0. The Morgan fingerprint density at radius 1 is 0.931 bits per heavy atom. The second-order valence-electron chi connectivity index (χ2n) is 6.82. The van der Waals surface area contributed by atoms with Gasteiger partial charge in [0.1, 0.15) is 0 Å². The predicted molar refractivity (Wildman–Crippen MR) is 113 cm³/mol. The molecule has 0 atom stereocenters. The van der Waals surface area contributed by atoms with Gasteiger partial charge in [-0.1, -0.05) is 6.07 Å². The van der Waals surface area contributed by atoms with E-state index in [1.807, 2.05) is 11.4 Å². The van der Waals surface area contributed by atoms with Crippen LogP contribution >= 0.6 is 11.3 Å². The molecule has 1 aliphatic heterocycles. The van der Waals surface area contributed by atoms with Gasteiger partial charge in [0.05, 0.1) is 24.6 Å². The minimum atomic E-state index is -0.131. The number of carbonyl (C=O) groups excluding carboxylic acids is 3. The number of nitrogens with zero attached hydrogens (tertiary/aromatic N) is 1. The van der Waals surface area contributed by atoms with E-state index in [-0.39, 0.29) is 24.0 Å². The summed E-state index contributed by atoms with van der Waals surface area (Å²) in [5.74, 6) is -0.128.